The van der Waals surface area contributed by atoms with E-state index in [0.717, 1.165) is 0 Å². The first kappa shape index (κ1) is 23.7. The average Bonchev–Trinajstić information content (AvgIpc) is 3.29. The van der Waals surface area contributed by atoms with Gasteiger partial charge in [0.15, 0.2) is 5.11 Å². The van der Waals surface area contributed by atoms with Crippen LogP contribution < -0.4 is 20.7 Å². The van der Waals surface area contributed by atoms with Crippen molar-refractivity contribution in [1.29, 1.82) is 0 Å². The molecule has 0 aliphatic rings. The topological polar surface area (TPSA) is 79.5 Å². The Balaban J connectivity index is 1.60. The summed E-state index contributed by atoms with van der Waals surface area (Å²) < 4.78 is 5.36. The number of ether oxygens (including phenoxy) is 1. The third-order valence-corrected chi connectivity index (χ3v) is 5.70. The first-order valence-electron chi connectivity index (χ1n) is 9.13. The summed E-state index contributed by atoms with van der Waals surface area (Å²) in [5.41, 5.74) is 1.73. The monoisotopic (exact) mass is 505 g/mol. The van der Waals surface area contributed by atoms with E-state index in [0.29, 0.717) is 37.6 Å². The maximum Gasteiger partial charge on any atom is 0.265 e. The van der Waals surface area contributed by atoms with Crippen molar-refractivity contribution < 1.29 is 14.3 Å². The third kappa shape index (κ3) is 6.54. The van der Waals surface area contributed by atoms with Gasteiger partial charge >= 0.3 is 0 Å². The fourth-order valence-corrected chi connectivity index (χ4v) is 3.89. The molecule has 0 radical (unpaired) electrons. The zero-order valence-electron chi connectivity index (χ0n) is 16.6. The normalized spacial score (nSPS) is 10.6. The number of rotatable bonds is 6. The molecule has 2 aromatic carbocycles. The minimum absolute atomic E-state index is 0.0966. The van der Waals surface area contributed by atoms with E-state index in [1.807, 2.05) is 5.38 Å². The van der Waals surface area contributed by atoms with E-state index in [1.54, 1.807) is 54.6 Å². The number of amides is 2. The smallest absolute Gasteiger partial charge is 0.265 e. The molecule has 3 rings (SSSR count). The van der Waals surface area contributed by atoms with Crippen molar-refractivity contribution >= 4 is 81.1 Å². The number of thiophene rings is 1. The molecule has 32 heavy (non-hydrogen) atoms. The van der Waals surface area contributed by atoms with Gasteiger partial charge in [0.2, 0.25) is 5.91 Å². The van der Waals surface area contributed by atoms with Crippen LogP contribution in [0.2, 0.25) is 10.0 Å². The molecule has 3 aromatic rings. The lowest BCUT2D eigenvalue weighted by atomic mass is 10.2. The number of methoxy groups -OCH3 is 1. The van der Waals surface area contributed by atoms with Crippen LogP contribution in [0.4, 0.5) is 11.4 Å². The minimum Gasteiger partial charge on any atom is -0.494 e. The molecule has 1 aromatic heterocycles. The Labute approximate surface area is 204 Å². The Kier molecular flexibility index (Phi) is 8.24. The van der Waals surface area contributed by atoms with E-state index in [9.17, 15) is 9.59 Å². The molecule has 0 aliphatic heterocycles. The Bertz CT molecular complexity index is 1180. The van der Waals surface area contributed by atoms with Gasteiger partial charge in [0, 0.05) is 27.9 Å². The second kappa shape index (κ2) is 11.1. The fourth-order valence-electron chi connectivity index (χ4n) is 2.58. The van der Waals surface area contributed by atoms with Crippen molar-refractivity contribution in [1.82, 2.24) is 5.32 Å². The molecule has 0 bridgehead atoms. The van der Waals surface area contributed by atoms with Gasteiger partial charge in [0.05, 0.1) is 17.7 Å². The van der Waals surface area contributed by atoms with Gasteiger partial charge in [-0.15, -0.1) is 11.3 Å². The molecule has 10 heteroatoms. The van der Waals surface area contributed by atoms with Crippen LogP contribution in [-0.4, -0.2) is 24.0 Å². The van der Waals surface area contributed by atoms with E-state index in [4.69, 9.17) is 40.2 Å². The van der Waals surface area contributed by atoms with Crippen LogP contribution in [-0.2, 0) is 4.79 Å². The van der Waals surface area contributed by atoms with Crippen molar-refractivity contribution in [3.63, 3.8) is 0 Å². The number of hydrogen-bond donors (Lipinski definition) is 3. The number of halogens is 2. The fraction of sp³-hybridized carbons (Fsp3) is 0.0455. The SMILES string of the molecule is COc1cc(NC(=S)NC(=O)/C=C/c2ccc(Cl)cc2Cl)ccc1NC(=O)c1cccs1. The molecule has 3 N–H and O–H groups in total. The predicted octanol–water partition coefficient (Wildman–Crippen LogP) is 5.84. The van der Waals surface area contributed by atoms with Gasteiger partial charge < -0.3 is 15.4 Å². The summed E-state index contributed by atoms with van der Waals surface area (Å²) in [7, 11) is 1.49. The summed E-state index contributed by atoms with van der Waals surface area (Å²) in [5.74, 6) is -0.221. The van der Waals surface area contributed by atoms with Gasteiger partial charge in [-0.25, -0.2) is 0 Å². The lowest BCUT2D eigenvalue weighted by Crippen LogP contribution is -2.32. The summed E-state index contributed by atoms with van der Waals surface area (Å²) in [6.07, 6.45) is 2.87. The third-order valence-electron chi connectivity index (χ3n) is 4.07. The maximum atomic E-state index is 12.3. The lowest BCUT2D eigenvalue weighted by molar-refractivity contribution is -0.115. The standard InChI is InChI=1S/C22H17Cl2N3O3S2/c1-30-18-12-15(7-8-17(18)26-21(29)19-3-2-10-32-19)25-22(31)27-20(28)9-5-13-4-6-14(23)11-16(13)24/h2-12H,1H3,(H,26,29)(H2,25,27,28,31)/b9-5+. The largest absolute Gasteiger partial charge is 0.494 e. The minimum atomic E-state index is -0.430. The van der Waals surface area contributed by atoms with Gasteiger partial charge in [-0.05, 0) is 59.6 Å². The van der Waals surface area contributed by atoms with Crippen LogP contribution in [0.1, 0.15) is 15.2 Å². The van der Waals surface area contributed by atoms with Gasteiger partial charge in [-0.3, -0.25) is 14.9 Å². The number of thiocarbonyl (C=S) groups is 1. The van der Waals surface area contributed by atoms with Crippen molar-refractivity contribution in [2.75, 3.05) is 17.7 Å². The van der Waals surface area contributed by atoms with Gasteiger partial charge in [-0.2, -0.15) is 0 Å². The van der Waals surface area contributed by atoms with Gasteiger partial charge in [0.25, 0.3) is 5.91 Å². The summed E-state index contributed by atoms with van der Waals surface area (Å²) in [6.45, 7) is 0. The molecule has 2 amide bonds. The number of carbonyl (C=O) groups excluding carboxylic acids is 2. The Morgan fingerprint density at radius 3 is 2.59 bits per heavy atom. The molecule has 0 unspecified atom stereocenters. The quantitative estimate of drug-likeness (QED) is 0.289. The van der Waals surface area contributed by atoms with E-state index in [-0.39, 0.29) is 11.0 Å². The van der Waals surface area contributed by atoms with Crippen LogP contribution >= 0.6 is 46.8 Å². The van der Waals surface area contributed by atoms with E-state index in [2.05, 4.69) is 16.0 Å². The van der Waals surface area contributed by atoms with E-state index < -0.39 is 5.91 Å². The number of benzene rings is 2. The maximum absolute atomic E-state index is 12.3. The molecule has 0 saturated carbocycles. The Morgan fingerprint density at radius 1 is 1.09 bits per heavy atom. The van der Waals surface area contributed by atoms with Crippen molar-refractivity contribution in [3.8, 4) is 5.75 Å². The van der Waals surface area contributed by atoms with Crippen LogP contribution in [0.15, 0.2) is 60.0 Å². The van der Waals surface area contributed by atoms with Gasteiger partial charge in [-0.1, -0.05) is 35.3 Å². The van der Waals surface area contributed by atoms with Crippen LogP contribution in [0.25, 0.3) is 6.08 Å². The highest BCUT2D eigenvalue weighted by molar-refractivity contribution is 7.80. The van der Waals surface area contributed by atoms with Crippen LogP contribution in [0.5, 0.6) is 5.75 Å². The molecule has 0 aliphatic carbocycles. The second-order valence-electron chi connectivity index (χ2n) is 6.29. The highest BCUT2D eigenvalue weighted by atomic mass is 35.5. The lowest BCUT2D eigenvalue weighted by Gasteiger charge is -2.13. The van der Waals surface area contributed by atoms with Gasteiger partial charge in [0.1, 0.15) is 5.75 Å². The summed E-state index contributed by atoms with van der Waals surface area (Å²) >= 11 is 18.5. The Morgan fingerprint density at radius 2 is 1.91 bits per heavy atom. The molecule has 0 spiro atoms. The Hall–Kier alpha value is -2.91. The second-order valence-corrected chi connectivity index (χ2v) is 8.49. The number of carbonyl (C=O) groups is 2. The highest BCUT2D eigenvalue weighted by Gasteiger charge is 2.12. The van der Waals surface area contributed by atoms with Crippen LogP contribution in [0.3, 0.4) is 0 Å². The van der Waals surface area contributed by atoms with E-state index >= 15 is 0 Å². The van der Waals surface area contributed by atoms with Crippen molar-refractivity contribution in [3.05, 3.63) is 80.5 Å². The number of nitrogens with one attached hydrogen (secondary N) is 3. The molecule has 6 nitrogen and oxygen atoms in total. The summed E-state index contributed by atoms with van der Waals surface area (Å²) in [6, 6.07) is 13.6. The number of anilines is 2. The summed E-state index contributed by atoms with van der Waals surface area (Å²) in [4.78, 5) is 25.0. The molecule has 0 saturated heterocycles. The van der Waals surface area contributed by atoms with Crippen LogP contribution in [0, 0.1) is 0 Å². The first-order valence-corrected chi connectivity index (χ1v) is 11.2. The predicted molar refractivity (Wildman–Crippen MR) is 135 cm³/mol. The molecule has 1 heterocycles. The zero-order chi connectivity index (χ0) is 23.1. The molecule has 0 atom stereocenters. The molecule has 164 valence electrons. The first-order chi connectivity index (χ1) is 15.4. The molecule has 0 fully saturated rings. The molecular formula is C22H17Cl2N3O3S2. The zero-order valence-corrected chi connectivity index (χ0v) is 19.8. The summed E-state index contributed by atoms with van der Waals surface area (Å²) in [5, 5.41) is 11.1. The number of hydrogen-bond acceptors (Lipinski definition) is 5. The highest BCUT2D eigenvalue weighted by Crippen LogP contribution is 2.29. The van der Waals surface area contributed by atoms with E-state index in [1.165, 1.54) is 24.5 Å². The average molecular weight is 506 g/mol. The van der Waals surface area contributed by atoms with Crippen molar-refractivity contribution in [2.45, 2.75) is 0 Å². The molecular weight excluding hydrogens is 489 g/mol. The van der Waals surface area contributed by atoms with Crippen molar-refractivity contribution in [2.24, 2.45) is 0 Å².